The topological polar surface area (TPSA) is 46.8 Å². The van der Waals surface area contributed by atoms with Gasteiger partial charge in [-0.05, 0) is 30.0 Å². The van der Waals surface area contributed by atoms with Crippen LogP contribution in [-0.2, 0) is 11.8 Å². The number of aromatic nitrogens is 1. The highest BCUT2D eigenvalue weighted by molar-refractivity contribution is 6.16. The van der Waals surface area contributed by atoms with Gasteiger partial charge in [0.2, 0.25) is 5.88 Å². The van der Waals surface area contributed by atoms with E-state index < -0.39 is 0 Å². The average Bonchev–Trinajstić information content (AvgIpc) is 3.18. The molecule has 4 rings (SSSR count). The summed E-state index contributed by atoms with van der Waals surface area (Å²) in [5, 5.41) is 8.90. The van der Waals surface area contributed by atoms with E-state index in [1.807, 2.05) is 36.4 Å². The zero-order valence-electron chi connectivity index (χ0n) is 18.0. The fraction of sp³-hybridized carbons (Fsp3) is 0.269. The van der Waals surface area contributed by atoms with Crippen molar-refractivity contribution in [2.45, 2.75) is 46.0 Å². The molecule has 3 aromatic rings. The Morgan fingerprint density at radius 1 is 0.900 bits per heavy atom. The molecule has 0 spiro atoms. The van der Waals surface area contributed by atoms with E-state index in [1.54, 1.807) is 6.20 Å². The summed E-state index contributed by atoms with van der Waals surface area (Å²) in [7, 11) is 0. The highest BCUT2D eigenvalue weighted by Gasteiger charge is 2.21. The third-order valence-corrected chi connectivity index (χ3v) is 5.29. The van der Waals surface area contributed by atoms with Crippen LogP contribution in [0.4, 0.5) is 0 Å². The van der Waals surface area contributed by atoms with Crippen LogP contribution in [0.1, 0.15) is 49.4 Å². The number of para-hydroxylation sites is 1. The lowest BCUT2D eigenvalue weighted by atomic mass is 9.86. The van der Waals surface area contributed by atoms with Gasteiger partial charge in [-0.2, -0.15) is 10.2 Å². The van der Waals surface area contributed by atoms with E-state index in [-0.39, 0.29) is 5.41 Å². The molecular weight excluding hydrogens is 370 g/mol. The fourth-order valence-electron chi connectivity index (χ4n) is 3.69. The molecule has 1 aliphatic heterocycles. The molecule has 0 amide bonds. The van der Waals surface area contributed by atoms with Crippen LogP contribution < -0.4 is 4.74 Å². The molecule has 2 aromatic carbocycles. The average molecular weight is 398 g/mol. The summed E-state index contributed by atoms with van der Waals surface area (Å²) in [4.78, 5) is 4.52. The van der Waals surface area contributed by atoms with Crippen molar-refractivity contribution >= 4 is 11.4 Å². The van der Waals surface area contributed by atoms with E-state index in [0.29, 0.717) is 12.3 Å². The van der Waals surface area contributed by atoms with Gasteiger partial charge in [-0.3, -0.25) is 0 Å². The molecule has 1 aliphatic rings. The maximum absolute atomic E-state index is 6.30. The van der Waals surface area contributed by atoms with Crippen LogP contribution in [0, 0.1) is 6.92 Å². The Labute approximate surface area is 178 Å². The molecule has 0 bridgehead atoms. The Balaban J connectivity index is 1.53. The first kappa shape index (κ1) is 20.0. The van der Waals surface area contributed by atoms with Crippen LogP contribution in [0.25, 0.3) is 0 Å². The minimum Gasteiger partial charge on any atom is -0.438 e. The Bertz CT molecular complexity index is 1120. The fourth-order valence-corrected chi connectivity index (χ4v) is 3.69. The number of aryl methyl sites for hydroxylation is 1. The van der Waals surface area contributed by atoms with E-state index in [1.165, 1.54) is 5.56 Å². The van der Waals surface area contributed by atoms with Crippen LogP contribution in [0.15, 0.2) is 77.1 Å². The van der Waals surface area contributed by atoms with Crippen LogP contribution >= 0.6 is 0 Å². The van der Waals surface area contributed by atoms with Crippen molar-refractivity contribution in [3.05, 3.63) is 89.1 Å². The Hall–Kier alpha value is -3.27. The maximum Gasteiger partial charge on any atom is 0.222 e. The summed E-state index contributed by atoms with van der Waals surface area (Å²) in [6.45, 7) is 8.67. The van der Waals surface area contributed by atoms with E-state index >= 15 is 0 Å². The second kappa shape index (κ2) is 8.23. The van der Waals surface area contributed by atoms with Crippen molar-refractivity contribution in [2.24, 2.45) is 10.2 Å². The molecule has 0 unspecified atom stereocenters. The molecule has 2 heterocycles. The molecule has 152 valence electrons. The van der Waals surface area contributed by atoms with E-state index in [0.717, 1.165) is 40.3 Å². The second-order valence-corrected chi connectivity index (χ2v) is 8.70. The van der Waals surface area contributed by atoms with Crippen molar-refractivity contribution in [1.82, 2.24) is 4.98 Å². The van der Waals surface area contributed by atoms with Gasteiger partial charge in [0.25, 0.3) is 0 Å². The first-order valence-corrected chi connectivity index (χ1v) is 10.3. The van der Waals surface area contributed by atoms with Gasteiger partial charge in [-0.1, -0.05) is 69.3 Å². The van der Waals surface area contributed by atoms with Gasteiger partial charge in [0, 0.05) is 35.7 Å². The molecule has 0 fully saturated rings. The van der Waals surface area contributed by atoms with E-state index in [9.17, 15) is 0 Å². The normalized spacial score (nSPS) is 13.7. The van der Waals surface area contributed by atoms with Crippen molar-refractivity contribution in [2.75, 3.05) is 0 Å². The molecule has 0 N–H and O–H groups in total. The van der Waals surface area contributed by atoms with E-state index in [2.05, 4.69) is 67.1 Å². The number of ether oxygens (including phenoxy) is 1. The quantitative estimate of drug-likeness (QED) is 0.509. The minimum atomic E-state index is -0.0165. The highest BCUT2D eigenvalue weighted by atomic mass is 16.5. The van der Waals surface area contributed by atoms with E-state index in [4.69, 9.17) is 4.74 Å². The molecule has 0 saturated carbocycles. The number of hydrogen-bond acceptors (Lipinski definition) is 4. The van der Waals surface area contributed by atoms with Crippen LogP contribution in [0.3, 0.4) is 0 Å². The summed E-state index contributed by atoms with van der Waals surface area (Å²) < 4.78 is 6.30. The molecule has 4 nitrogen and oxygen atoms in total. The summed E-state index contributed by atoms with van der Waals surface area (Å²) in [6.07, 6.45) is 3.18. The second-order valence-electron chi connectivity index (χ2n) is 8.70. The highest BCUT2D eigenvalue weighted by Crippen LogP contribution is 2.34. The predicted octanol–water partition coefficient (Wildman–Crippen LogP) is 6.27. The number of nitrogens with zero attached hydrogens (tertiary/aromatic N) is 3. The van der Waals surface area contributed by atoms with Gasteiger partial charge >= 0.3 is 0 Å². The molecule has 1 aromatic heterocycles. The zero-order chi connectivity index (χ0) is 21.1. The molecular formula is C26H27N3O. The van der Waals surface area contributed by atoms with Gasteiger partial charge in [0.05, 0.1) is 11.4 Å². The minimum absolute atomic E-state index is 0.0165. The van der Waals surface area contributed by atoms with Crippen LogP contribution in [0.5, 0.6) is 11.6 Å². The first-order chi connectivity index (χ1) is 14.4. The van der Waals surface area contributed by atoms with Gasteiger partial charge in [-0.15, -0.1) is 0 Å². The van der Waals surface area contributed by atoms with Gasteiger partial charge in [0.1, 0.15) is 5.75 Å². The Morgan fingerprint density at radius 2 is 1.67 bits per heavy atom. The van der Waals surface area contributed by atoms with Crippen molar-refractivity contribution < 1.29 is 4.74 Å². The largest absolute Gasteiger partial charge is 0.438 e. The predicted molar refractivity (Wildman–Crippen MR) is 123 cm³/mol. The lowest BCUT2D eigenvalue weighted by Gasteiger charge is -2.22. The molecule has 4 heteroatoms. The van der Waals surface area contributed by atoms with Gasteiger partial charge in [0.15, 0.2) is 0 Å². The summed E-state index contributed by atoms with van der Waals surface area (Å²) in [6, 6.07) is 20.5. The van der Waals surface area contributed by atoms with Crippen molar-refractivity contribution in [3.8, 4) is 11.6 Å². The standard InChI is InChI=1S/C26H27N3O/c1-18-10-5-6-12-21(18)23-17-20(28-29-23)16-19-11-9-15-27-25(19)30-24-14-8-7-13-22(24)26(2,3)4/h5-15H,16-17H2,1-4H3. The van der Waals surface area contributed by atoms with Gasteiger partial charge in [-0.25, -0.2) is 4.98 Å². The molecule has 0 aliphatic carbocycles. The Morgan fingerprint density at radius 3 is 2.47 bits per heavy atom. The van der Waals surface area contributed by atoms with Gasteiger partial charge < -0.3 is 4.74 Å². The SMILES string of the molecule is Cc1ccccc1C1=NN=C(Cc2cccnc2Oc2ccccc2C(C)(C)C)C1. The molecule has 0 saturated heterocycles. The smallest absolute Gasteiger partial charge is 0.222 e. The summed E-state index contributed by atoms with van der Waals surface area (Å²) >= 11 is 0. The molecule has 0 atom stereocenters. The lowest BCUT2D eigenvalue weighted by molar-refractivity contribution is 0.436. The summed E-state index contributed by atoms with van der Waals surface area (Å²) in [5.41, 5.74) is 6.58. The Kier molecular flexibility index (Phi) is 5.49. The molecule has 30 heavy (non-hydrogen) atoms. The molecule has 0 radical (unpaired) electrons. The van der Waals surface area contributed by atoms with Crippen LogP contribution in [0.2, 0.25) is 0 Å². The lowest BCUT2D eigenvalue weighted by Crippen LogP contribution is -2.13. The monoisotopic (exact) mass is 397 g/mol. The number of benzene rings is 2. The maximum atomic E-state index is 6.30. The van der Waals surface area contributed by atoms with Crippen molar-refractivity contribution in [1.29, 1.82) is 0 Å². The number of rotatable bonds is 5. The number of pyridine rings is 1. The number of hydrogen-bond donors (Lipinski definition) is 0. The van der Waals surface area contributed by atoms with Crippen molar-refractivity contribution in [3.63, 3.8) is 0 Å². The summed E-state index contributed by atoms with van der Waals surface area (Å²) in [5.74, 6) is 1.47. The third-order valence-electron chi connectivity index (χ3n) is 5.29. The third kappa shape index (κ3) is 4.33. The first-order valence-electron chi connectivity index (χ1n) is 10.3. The van der Waals surface area contributed by atoms with Crippen LogP contribution in [-0.4, -0.2) is 16.4 Å². The zero-order valence-corrected chi connectivity index (χ0v) is 18.0.